The van der Waals surface area contributed by atoms with Crippen molar-refractivity contribution in [3.63, 3.8) is 0 Å². The lowest BCUT2D eigenvalue weighted by Gasteiger charge is -2.12. The number of nitrogens with one attached hydrogen (secondary N) is 4. The highest BCUT2D eigenvalue weighted by atomic mass is 32.2. The van der Waals surface area contributed by atoms with Crippen molar-refractivity contribution in [1.82, 2.24) is 4.98 Å². The minimum Gasteiger partial charge on any atom is -0.362 e. The molecular weight excluding hydrogens is 520 g/mol. The van der Waals surface area contributed by atoms with Gasteiger partial charge in [0.1, 0.15) is 5.82 Å². The number of carbonyl (C=O) groups excluding carboxylic acids is 2. The summed E-state index contributed by atoms with van der Waals surface area (Å²) in [4.78, 5) is 29.4. The van der Waals surface area contributed by atoms with E-state index in [1.54, 1.807) is 30.5 Å². The van der Waals surface area contributed by atoms with Crippen LogP contribution in [0.3, 0.4) is 0 Å². The van der Waals surface area contributed by atoms with E-state index >= 15 is 0 Å². The second kappa shape index (κ2) is 10.1. The van der Waals surface area contributed by atoms with E-state index in [0.29, 0.717) is 35.1 Å². The molecule has 3 aromatic carbocycles. The van der Waals surface area contributed by atoms with Gasteiger partial charge in [-0.3, -0.25) is 4.79 Å². The van der Waals surface area contributed by atoms with Crippen molar-refractivity contribution >= 4 is 52.4 Å². The van der Waals surface area contributed by atoms with Crippen LogP contribution in [0, 0.1) is 5.82 Å². The lowest BCUT2D eigenvalue weighted by molar-refractivity contribution is -0.137. The minimum atomic E-state index is -4.67. The summed E-state index contributed by atoms with van der Waals surface area (Å²) < 4.78 is 52.7. The molecule has 0 aliphatic carbocycles. The number of halogens is 4. The van der Waals surface area contributed by atoms with Crippen molar-refractivity contribution in [2.45, 2.75) is 16.0 Å². The Kier molecular flexibility index (Phi) is 6.68. The van der Waals surface area contributed by atoms with E-state index < -0.39 is 29.3 Å². The summed E-state index contributed by atoms with van der Waals surface area (Å²) in [7, 11) is 0. The van der Waals surface area contributed by atoms with E-state index in [4.69, 9.17) is 0 Å². The Morgan fingerprint density at radius 1 is 0.921 bits per heavy atom. The van der Waals surface area contributed by atoms with Crippen molar-refractivity contribution in [2.75, 3.05) is 16.0 Å². The first kappa shape index (κ1) is 25.2. The molecule has 3 amide bonds. The maximum absolute atomic E-state index is 14.0. The van der Waals surface area contributed by atoms with Crippen LogP contribution in [-0.4, -0.2) is 16.9 Å². The van der Waals surface area contributed by atoms with Gasteiger partial charge in [-0.1, -0.05) is 23.9 Å². The molecule has 0 saturated heterocycles. The number of benzene rings is 3. The van der Waals surface area contributed by atoms with Crippen molar-refractivity contribution in [3.05, 3.63) is 102 Å². The van der Waals surface area contributed by atoms with Gasteiger partial charge in [-0.25, -0.2) is 9.18 Å². The van der Waals surface area contributed by atoms with Gasteiger partial charge in [0.2, 0.25) is 0 Å². The number of rotatable bonds is 5. The summed E-state index contributed by atoms with van der Waals surface area (Å²) in [5.74, 6) is -1.20. The van der Waals surface area contributed by atoms with Crippen LogP contribution in [0.15, 0.2) is 88.8 Å². The molecule has 11 heteroatoms. The van der Waals surface area contributed by atoms with Gasteiger partial charge < -0.3 is 20.9 Å². The molecule has 6 nitrogen and oxygen atoms in total. The first-order valence-electron chi connectivity index (χ1n) is 11.2. The summed E-state index contributed by atoms with van der Waals surface area (Å²) in [6.45, 7) is 0. The Morgan fingerprint density at radius 3 is 2.50 bits per heavy atom. The zero-order valence-electron chi connectivity index (χ0n) is 19.3. The molecule has 1 aliphatic rings. The lowest BCUT2D eigenvalue weighted by Crippen LogP contribution is -2.20. The third-order valence-electron chi connectivity index (χ3n) is 5.57. The minimum absolute atomic E-state index is 0.203. The number of aromatic amines is 1. The quantitative estimate of drug-likeness (QED) is 0.157. The topological polar surface area (TPSA) is 86.0 Å². The number of hydrogen-bond acceptors (Lipinski definition) is 3. The number of fused-ring (bicyclic) bond motifs is 1. The first-order valence-corrected chi connectivity index (χ1v) is 12.0. The average molecular weight is 539 g/mol. The van der Waals surface area contributed by atoms with Crippen LogP contribution in [0.5, 0.6) is 0 Å². The van der Waals surface area contributed by atoms with E-state index in [-0.39, 0.29) is 5.91 Å². The number of amides is 3. The molecule has 0 spiro atoms. The molecule has 0 fully saturated rings. The predicted molar refractivity (Wildman–Crippen MR) is 138 cm³/mol. The largest absolute Gasteiger partial charge is 0.416 e. The summed E-state index contributed by atoms with van der Waals surface area (Å²) in [5, 5.41) is 7.47. The molecule has 38 heavy (non-hydrogen) atoms. The van der Waals surface area contributed by atoms with Crippen LogP contribution >= 0.6 is 11.8 Å². The molecular formula is C27H18F4N4O2S. The van der Waals surface area contributed by atoms with Crippen molar-refractivity contribution in [3.8, 4) is 0 Å². The highest BCUT2D eigenvalue weighted by Gasteiger charge is 2.31. The highest BCUT2D eigenvalue weighted by molar-refractivity contribution is 7.99. The van der Waals surface area contributed by atoms with E-state index in [1.165, 1.54) is 11.8 Å². The number of hydrogen-bond donors (Lipinski definition) is 4. The molecule has 2 heterocycles. The average Bonchev–Trinajstić information content (AvgIpc) is 3.47. The van der Waals surface area contributed by atoms with E-state index in [9.17, 15) is 27.2 Å². The molecule has 0 radical (unpaired) electrons. The third kappa shape index (κ3) is 5.57. The van der Waals surface area contributed by atoms with Crippen LogP contribution in [0.2, 0.25) is 0 Å². The fourth-order valence-corrected chi connectivity index (χ4v) is 4.74. The van der Waals surface area contributed by atoms with Crippen molar-refractivity contribution < 1.29 is 27.2 Å². The number of alkyl halides is 3. The number of anilines is 3. The Hall–Kier alpha value is -4.51. The molecule has 4 N–H and O–H groups in total. The zero-order chi connectivity index (χ0) is 26.9. The van der Waals surface area contributed by atoms with Gasteiger partial charge in [-0.05, 0) is 66.7 Å². The Labute approximate surface area is 218 Å². The maximum atomic E-state index is 14.0. The van der Waals surface area contributed by atoms with Crippen molar-refractivity contribution in [1.29, 1.82) is 0 Å². The van der Waals surface area contributed by atoms with E-state index in [1.807, 2.05) is 36.4 Å². The van der Waals surface area contributed by atoms with Gasteiger partial charge in [0, 0.05) is 32.9 Å². The second-order valence-electron chi connectivity index (χ2n) is 8.25. The van der Waals surface area contributed by atoms with E-state index in [2.05, 4.69) is 20.9 Å². The highest BCUT2D eigenvalue weighted by Crippen LogP contribution is 2.38. The van der Waals surface area contributed by atoms with Crippen LogP contribution in [0.4, 0.5) is 39.4 Å². The number of urea groups is 1. The zero-order valence-corrected chi connectivity index (χ0v) is 20.1. The van der Waals surface area contributed by atoms with Crippen LogP contribution in [-0.2, 0) is 11.0 Å². The summed E-state index contributed by atoms with van der Waals surface area (Å²) in [6, 6.07) is 16.9. The first-order chi connectivity index (χ1) is 18.2. The maximum Gasteiger partial charge on any atom is 0.416 e. The summed E-state index contributed by atoms with van der Waals surface area (Å²) >= 11 is 1.38. The number of H-pyrrole nitrogens is 1. The summed E-state index contributed by atoms with van der Waals surface area (Å²) in [5.41, 5.74) is 1.50. The monoisotopic (exact) mass is 538 g/mol. The summed E-state index contributed by atoms with van der Waals surface area (Å²) in [6.07, 6.45) is -1.12. The molecule has 0 bridgehead atoms. The normalized spacial score (nSPS) is 13.8. The second-order valence-corrected chi connectivity index (χ2v) is 9.39. The molecule has 1 aromatic heterocycles. The van der Waals surface area contributed by atoms with Gasteiger partial charge in [0.05, 0.1) is 22.5 Å². The Bertz CT molecular complexity index is 1570. The van der Waals surface area contributed by atoms with Gasteiger partial charge in [-0.15, -0.1) is 0 Å². The van der Waals surface area contributed by atoms with Crippen molar-refractivity contribution in [2.24, 2.45) is 0 Å². The molecule has 0 unspecified atom stereocenters. The third-order valence-corrected chi connectivity index (χ3v) is 6.54. The van der Waals surface area contributed by atoms with Gasteiger partial charge in [0.25, 0.3) is 5.91 Å². The van der Waals surface area contributed by atoms with Crippen LogP contribution in [0.25, 0.3) is 11.6 Å². The lowest BCUT2D eigenvalue weighted by atomic mass is 10.1. The van der Waals surface area contributed by atoms with Gasteiger partial charge >= 0.3 is 12.2 Å². The Balaban J connectivity index is 1.28. The molecule has 5 rings (SSSR count). The van der Waals surface area contributed by atoms with Gasteiger partial charge in [-0.2, -0.15) is 13.2 Å². The molecule has 4 aromatic rings. The van der Waals surface area contributed by atoms with Crippen LogP contribution < -0.4 is 16.0 Å². The molecule has 192 valence electrons. The van der Waals surface area contributed by atoms with E-state index in [0.717, 1.165) is 21.0 Å². The Morgan fingerprint density at radius 2 is 1.74 bits per heavy atom. The number of carbonyl (C=O) groups is 2. The fraction of sp³-hybridized carbons (Fsp3) is 0.0370. The SMILES string of the molecule is O=C(Nc1cccc(Sc2ccc3c(c2)NC(=O)C3=Cc2ccc[nH]2)c1)Nc1cc(C(F)(F)F)ccc1F. The predicted octanol–water partition coefficient (Wildman–Crippen LogP) is 7.46. The standard InChI is InChI=1S/C27H18F4N4O2S/c28-22-9-6-15(27(29,30)31)11-24(22)35-26(37)33-17-3-1-5-18(12-17)38-19-7-8-20-21(13-16-4-2-10-32-16)25(36)34-23(20)14-19/h1-14,32H,(H,34,36)(H2,33,35,37). The number of aromatic nitrogens is 1. The van der Waals surface area contributed by atoms with Gasteiger partial charge in [0.15, 0.2) is 0 Å². The molecule has 1 aliphatic heterocycles. The molecule has 0 atom stereocenters. The molecule has 0 saturated carbocycles. The fourth-order valence-electron chi connectivity index (χ4n) is 3.83. The smallest absolute Gasteiger partial charge is 0.362 e. The van der Waals surface area contributed by atoms with Crippen LogP contribution in [0.1, 0.15) is 16.8 Å².